The van der Waals surface area contributed by atoms with Gasteiger partial charge in [-0.25, -0.2) is 4.79 Å². The van der Waals surface area contributed by atoms with Crippen molar-refractivity contribution in [1.82, 2.24) is 0 Å². The number of carbonyl (C=O) groups is 2. The van der Waals surface area contributed by atoms with Crippen LogP contribution in [0.3, 0.4) is 0 Å². The van der Waals surface area contributed by atoms with E-state index < -0.39 is 5.97 Å². The first-order valence-corrected chi connectivity index (χ1v) is 8.07. The molecule has 0 unspecified atom stereocenters. The molecule has 1 aromatic carbocycles. The minimum absolute atomic E-state index is 0.238. The van der Waals surface area contributed by atoms with Crippen molar-refractivity contribution in [2.75, 3.05) is 11.5 Å². The Morgan fingerprint density at radius 1 is 1.20 bits per heavy atom. The highest BCUT2D eigenvalue weighted by molar-refractivity contribution is 6.23. The van der Waals surface area contributed by atoms with Gasteiger partial charge in [0.05, 0.1) is 24.0 Å². The summed E-state index contributed by atoms with van der Waals surface area (Å²) in [4.78, 5) is 27.0. The first-order valence-electron chi connectivity index (χ1n) is 8.07. The fraction of sp³-hybridized carbons (Fsp3) is 0.200. The van der Waals surface area contributed by atoms with Gasteiger partial charge in [-0.05, 0) is 51.1 Å². The third-order valence-electron chi connectivity index (χ3n) is 4.00. The van der Waals surface area contributed by atoms with Crippen LogP contribution in [0.15, 0.2) is 63.9 Å². The summed E-state index contributed by atoms with van der Waals surface area (Å²) < 4.78 is 10.5. The molecule has 1 amide bonds. The first kappa shape index (κ1) is 16.8. The van der Waals surface area contributed by atoms with E-state index in [0.717, 1.165) is 5.56 Å². The molecule has 0 atom stereocenters. The number of nitrogens with zero attached hydrogens (tertiary/aromatic N) is 1. The minimum atomic E-state index is -0.513. The zero-order chi connectivity index (χ0) is 18.0. The fourth-order valence-electron chi connectivity index (χ4n) is 2.80. The number of allylic oxidation sites excluding steroid dienone is 1. The van der Waals surface area contributed by atoms with Crippen molar-refractivity contribution in [2.45, 2.75) is 20.8 Å². The molecule has 3 rings (SSSR count). The number of hydrogen-bond acceptors (Lipinski definition) is 4. The van der Waals surface area contributed by atoms with Crippen molar-refractivity contribution in [2.24, 2.45) is 0 Å². The third kappa shape index (κ3) is 3.13. The highest BCUT2D eigenvalue weighted by Crippen LogP contribution is 2.35. The van der Waals surface area contributed by atoms with Gasteiger partial charge in [0.1, 0.15) is 5.76 Å². The van der Waals surface area contributed by atoms with Gasteiger partial charge in [0, 0.05) is 11.4 Å². The van der Waals surface area contributed by atoms with E-state index in [2.05, 4.69) is 0 Å². The highest BCUT2D eigenvalue weighted by atomic mass is 16.5. The second-order valence-corrected chi connectivity index (χ2v) is 5.73. The highest BCUT2D eigenvalue weighted by Gasteiger charge is 2.38. The lowest BCUT2D eigenvalue weighted by Gasteiger charge is -2.18. The molecule has 1 aliphatic heterocycles. The Bertz CT molecular complexity index is 858. The zero-order valence-electron chi connectivity index (χ0n) is 14.4. The number of amides is 1. The number of carbonyl (C=O) groups excluding carboxylic acids is 2. The van der Waals surface area contributed by atoms with Crippen LogP contribution in [0.1, 0.15) is 25.2 Å². The van der Waals surface area contributed by atoms with Crippen molar-refractivity contribution < 1.29 is 18.7 Å². The van der Waals surface area contributed by atoms with E-state index in [0.29, 0.717) is 17.1 Å². The Morgan fingerprint density at radius 2 is 1.92 bits per heavy atom. The molecule has 5 heteroatoms. The molecular formula is C20H19NO4. The van der Waals surface area contributed by atoms with Gasteiger partial charge in [-0.2, -0.15) is 0 Å². The monoisotopic (exact) mass is 337 g/mol. The Balaban J connectivity index is 2.11. The van der Waals surface area contributed by atoms with Gasteiger partial charge in [0.15, 0.2) is 0 Å². The SMILES string of the molecule is CCOC(=O)C1=C(C)N(c2ccc(C)cc2)C(=O)/C1=C/c1ccco1. The Labute approximate surface area is 146 Å². The number of esters is 1. The molecule has 25 heavy (non-hydrogen) atoms. The molecule has 128 valence electrons. The summed E-state index contributed by atoms with van der Waals surface area (Å²) in [5, 5.41) is 0. The van der Waals surface area contributed by atoms with Gasteiger partial charge in [0.2, 0.25) is 0 Å². The van der Waals surface area contributed by atoms with E-state index in [1.54, 1.807) is 32.1 Å². The van der Waals surface area contributed by atoms with E-state index in [-0.39, 0.29) is 23.7 Å². The molecule has 0 spiro atoms. The summed E-state index contributed by atoms with van der Waals surface area (Å²) >= 11 is 0. The third-order valence-corrected chi connectivity index (χ3v) is 4.00. The summed E-state index contributed by atoms with van der Waals surface area (Å²) in [5.41, 5.74) is 2.88. The lowest BCUT2D eigenvalue weighted by atomic mass is 10.1. The summed E-state index contributed by atoms with van der Waals surface area (Å²) in [6.07, 6.45) is 3.09. The van der Waals surface area contributed by atoms with Crippen LogP contribution in [0.25, 0.3) is 6.08 Å². The normalized spacial score (nSPS) is 16.0. The Kier molecular flexibility index (Phi) is 4.57. The summed E-state index contributed by atoms with van der Waals surface area (Å²) in [6, 6.07) is 11.0. The predicted molar refractivity (Wildman–Crippen MR) is 94.7 cm³/mol. The maximum atomic E-state index is 13.0. The lowest BCUT2D eigenvalue weighted by molar-refractivity contribution is -0.138. The number of hydrogen-bond donors (Lipinski definition) is 0. The summed E-state index contributed by atoms with van der Waals surface area (Å²) in [7, 11) is 0. The van der Waals surface area contributed by atoms with Crippen LogP contribution in [0.4, 0.5) is 5.69 Å². The average molecular weight is 337 g/mol. The van der Waals surface area contributed by atoms with Crippen molar-refractivity contribution in [1.29, 1.82) is 0 Å². The average Bonchev–Trinajstić information content (AvgIpc) is 3.17. The van der Waals surface area contributed by atoms with Gasteiger partial charge in [-0.1, -0.05) is 17.7 Å². The molecule has 0 aliphatic carbocycles. The van der Waals surface area contributed by atoms with Crippen LogP contribution in [0.5, 0.6) is 0 Å². The van der Waals surface area contributed by atoms with Gasteiger partial charge in [-0.15, -0.1) is 0 Å². The van der Waals surface area contributed by atoms with Crippen molar-refractivity contribution in [3.8, 4) is 0 Å². The van der Waals surface area contributed by atoms with Crippen LogP contribution in [-0.2, 0) is 14.3 Å². The maximum absolute atomic E-state index is 13.0. The molecule has 2 heterocycles. The number of anilines is 1. The second-order valence-electron chi connectivity index (χ2n) is 5.73. The smallest absolute Gasteiger partial charge is 0.340 e. The number of rotatable bonds is 4. The van der Waals surface area contributed by atoms with Gasteiger partial charge < -0.3 is 9.15 Å². The predicted octanol–water partition coefficient (Wildman–Crippen LogP) is 3.86. The van der Waals surface area contributed by atoms with E-state index in [4.69, 9.17) is 9.15 Å². The number of aryl methyl sites for hydroxylation is 1. The largest absolute Gasteiger partial charge is 0.465 e. The zero-order valence-corrected chi connectivity index (χ0v) is 14.4. The summed E-state index contributed by atoms with van der Waals surface area (Å²) in [6.45, 7) is 5.69. The van der Waals surface area contributed by atoms with Gasteiger partial charge >= 0.3 is 5.97 Å². The number of benzene rings is 1. The summed E-state index contributed by atoms with van der Waals surface area (Å²) in [5.74, 6) is -0.287. The number of ether oxygens (including phenoxy) is 1. The minimum Gasteiger partial charge on any atom is -0.465 e. The Morgan fingerprint density at radius 3 is 2.52 bits per heavy atom. The molecule has 0 N–H and O–H groups in total. The van der Waals surface area contributed by atoms with Crippen LogP contribution in [0.2, 0.25) is 0 Å². The topological polar surface area (TPSA) is 59.8 Å². The number of furan rings is 1. The van der Waals surface area contributed by atoms with E-state index >= 15 is 0 Å². The van der Waals surface area contributed by atoms with E-state index in [1.165, 1.54) is 11.2 Å². The van der Waals surface area contributed by atoms with E-state index in [1.807, 2.05) is 31.2 Å². The first-order chi connectivity index (χ1) is 12.0. The maximum Gasteiger partial charge on any atom is 0.340 e. The molecule has 0 saturated heterocycles. The van der Waals surface area contributed by atoms with Crippen molar-refractivity contribution in [3.05, 3.63) is 70.8 Å². The standard InChI is InChI=1S/C20H19NO4/c1-4-24-20(23)18-14(3)21(15-9-7-13(2)8-10-15)19(22)17(18)12-16-6-5-11-25-16/h5-12H,4H2,1-3H3/b17-12+. The van der Waals surface area contributed by atoms with Crippen molar-refractivity contribution >= 4 is 23.6 Å². The molecule has 0 saturated carbocycles. The molecule has 5 nitrogen and oxygen atoms in total. The quantitative estimate of drug-likeness (QED) is 0.628. The van der Waals surface area contributed by atoms with Crippen LogP contribution in [-0.4, -0.2) is 18.5 Å². The Hall–Kier alpha value is -3.08. The van der Waals surface area contributed by atoms with Crippen LogP contribution in [0, 0.1) is 6.92 Å². The van der Waals surface area contributed by atoms with Crippen LogP contribution >= 0.6 is 0 Å². The molecule has 0 bridgehead atoms. The molecule has 2 aromatic rings. The van der Waals surface area contributed by atoms with Gasteiger partial charge in [-0.3, -0.25) is 9.69 Å². The van der Waals surface area contributed by atoms with E-state index in [9.17, 15) is 9.59 Å². The molecule has 1 aliphatic rings. The lowest BCUT2D eigenvalue weighted by Crippen LogP contribution is -2.24. The molecule has 0 radical (unpaired) electrons. The second kappa shape index (κ2) is 6.81. The molecular weight excluding hydrogens is 318 g/mol. The van der Waals surface area contributed by atoms with Gasteiger partial charge in [0.25, 0.3) is 5.91 Å². The molecule has 1 aromatic heterocycles. The fourth-order valence-corrected chi connectivity index (χ4v) is 2.80. The molecule has 0 fully saturated rings. The van der Waals surface area contributed by atoms with Crippen LogP contribution < -0.4 is 4.90 Å². The van der Waals surface area contributed by atoms with Crippen molar-refractivity contribution in [3.63, 3.8) is 0 Å².